The van der Waals surface area contributed by atoms with Crippen molar-refractivity contribution in [1.82, 2.24) is 10.3 Å². The highest BCUT2D eigenvalue weighted by Crippen LogP contribution is 2.39. The van der Waals surface area contributed by atoms with Gasteiger partial charge in [-0.15, -0.1) is 0 Å². The van der Waals surface area contributed by atoms with Gasteiger partial charge in [0, 0.05) is 57.2 Å². The molecule has 0 saturated carbocycles. The van der Waals surface area contributed by atoms with Gasteiger partial charge in [-0.25, -0.2) is 9.19 Å². The minimum atomic E-state index is -2.38. The van der Waals surface area contributed by atoms with Gasteiger partial charge >= 0.3 is 0 Å². The van der Waals surface area contributed by atoms with E-state index in [4.69, 9.17) is 16.1 Å². The first-order valence-electron chi connectivity index (χ1n) is 9.06. The van der Waals surface area contributed by atoms with Crippen LogP contribution < -0.4 is 11.1 Å². The Morgan fingerprint density at radius 2 is 2.07 bits per heavy atom. The lowest BCUT2D eigenvalue weighted by molar-refractivity contribution is 0.684. The highest BCUT2D eigenvalue weighted by atomic mass is 32.2. The molecule has 2 heterocycles. The molecule has 0 atom stereocenters. The summed E-state index contributed by atoms with van der Waals surface area (Å²) in [6, 6.07) is 3.75. The van der Waals surface area contributed by atoms with E-state index < -0.39 is 9.73 Å². The topological polar surface area (TPSA) is 104 Å². The molecule has 0 amide bonds. The summed E-state index contributed by atoms with van der Waals surface area (Å²) in [4.78, 5) is 4.84. The molecule has 1 aliphatic heterocycles. The SMILES string of the molecule is CC(C)c1nc(N=S(C)(C)=O)c2cc(N)c(C=N)cc2c1C1=CCNCC1. The summed E-state index contributed by atoms with van der Waals surface area (Å²) < 4.78 is 16.8. The molecule has 6 nitrogen and oxygen atoms in total. The predicted molar refractivity (Wildman–Crippen MR) is 116 cm³/mol. The first kappa shape index (κ1) is 19.5. The molecule has 1 aliphatic rings. The van der Waals surface area contributed by atoms with Crippen LogP contribution in [0.15, 0.2) is 22.6 Å². The maximum atomic E-state index is 12.4. The normalized spacial score (nSPS) is 15.1. The number of fused-ring (bicyclic) bond motifs is 1. The second kappa shape index (κ2) is 7.40. The first-order chi connectivity index (χ1) is 12.7. The van der Waals surface area contributed by atoms with Crippen molar-refractivity contribution >= 4 is 43.8 Å². The molecule has 3 rings (SSSR count). The van der Waals surface area contributed by atoms with E-state index in [1.807, 2.05) is 12.1 Å². The fraction of sp³-hybridized carbons (Fsp3) is 0.400. The molecular formula is C20H27N5OS. The maximum absolute atomic E-state index is 12.4. The number of nitrogens with one attached hydrogen (secondary N) is 2. The molecule has 27 heavy (non-hydrogen) atoms. The number of hydrogen-bond donors (Lipinski definition) is 3. The van der Waals surface area contributed by atoms with Crippen LogP contribution in [0.4, 0.5) is 11.5 Å². The molecule has 0 fully saturated rings. The average Bonchev–Trinajstić information content (AvgIpc) is 2.60. The fourth-order valence-electron chi connectivity index (χ4n) is 3.40. The number of nitrogen functional groups attached to an aromatic ring is 1. The highest BCUT2D eigenvalue weighted by molar-refractivity contribution is 7.92. The average molecular weight is 386 g/mol. The summed E-state index contributed by atoms with van der Waals surface area (Å²) in [5, 5.41) is 12.8. The molecule has 0 bridgehead atoms. The highest BCUT2D eigenvalue weighted by Gasteiger charge is 2.21. The number of pyridine rings is 1. The number of benzene rings is 1. The van der Waals surface area contributed by atoms with Crippen LogP contribution in [0.3, 0.4) is 0 Å². The number of nitrogens with two attached hydrogens (primary N) is 1. The zero-order valence-electron chi connectivity index (χ0n) is 16.3. The van der Waals surface area contributed by atoms with Crippen molar-refractivity contribution in [1.29, 1.82) is 5.41 Å². The van der Waals surface area contributed by atoms with E-state index in [0.29, 0.717) is 17.1 Å². The number of aromatic nitrogens is 1. The standard InChI is InChI=1S/C20H27N5OS/c1-12(2)19-18(13-5-7-23-8-6-13)15-9-14(11-21)17(22)10-16(15)20(24-19)25-27(3,4)26/h5,9-12,21,23H,6-8,22H2,1-4H3. The van der Waals surface area contributed by atoms with Crippen molar-refractivity contribution in [3.8, 4) is 0 Å². The van der Waals surface area contributed by atoms with Crippen molar-refractivity contribution < 1.29 is 4.21 Å². The molecule has 0 saturated heterocycles. The molecule has 7 heteroatoms. The molecule has 0 spiro atoms. The van der Waals surface area contributed by atoms with Crippen LogP contribution in [-0.4, -0.2) is 41.0 Å². The van der Waals surface area contributed by atoms with Crippen molar-refractivity contribution in [2.45, 2.75) is 26.2 Å². The summed E-state index contributed by atoms with van der Waals surface area (Å²) in [7, 11) is -2.38. The lowest BCUT2D eigenvalue weighted by atomic mass is 9.89. The smallest absolute Gasteiger partial charge is 0.169 e. The zero-order chi connectivity index (χ0) is 19.8. The summed E-state index contributed by atoms with van der Waals surface area (Å²) in [5.74, 6) is 0.644. The Balaban J connectivity index is 2.50. The largest absolute Gasteiger partial charge is 0.398 e. The van der Waals surface area contributed by atoms with Gasteiger partial charge in [0.1, 0.15) is 0 Å². The quantitative estimate of drug-likeness (QED) is 0.551. The molecule has 144 valence electrons. The summed E-state index contributed by atoms with van der Waals surface area (Å²) >= 11 is 0. The Bertz CT molecular complexity index is 1050. The minimum Gasteiger partial charge on any atom is -0.398 e. The summed E-state index contributed by atoms with van der Waals surface area (Å²) in [6.45, 7) is 5.95. The molecular weight excluding hydrogens is 358 g/mol. The van der Waals surface area contributed by atoms with Gasteiger partial charge in [0.05, 0.1) is 5.69 Å². The maximum Gasteiger partial charge on any atom is 0.169 e. The fourth-order valence-corrected chi connectivity index (χ4v) is 3.96. The lowest BCUT2D eigenvalue weighted by Gasteiger charge is -2.22. The van der Waals surface area contributed by atoms with Crippen LogP contribution in [0.5, 0.6) is 0 Å². The van der Waals surface area contributed by atoms with Gasteiger partial charge in [0.2, 0.25) is 0 Å². The van der Waals surface area contributed by atoms with E-state index in [1.165, 1.54) is 11.8 Å². The molecule has 2 aromatic rings. The van der Waals surface area contributed by atoms with Gasteiger partial charge in [-0.2, -0.15) is 4.36 Å². The molecule has 0 radical (unpaired) electrons. The monoisotopic (exact) mass is 385 g/mol. The van der Waals surface area contributed by atoms with E-state index in [-0.39, 0.29) is 5.92 Å². The van der Waals surface area contributed by atoms with Crippen LogP contribution in [-0.2, 0) is 9.73 Å². The summed E-state index contributed by atoms with van der Waals surface area (Å²) in [6.07, 6.45) is 7.59. The van der Waals surface area contributed by atoms with Gasteiger partial charge in [-0.3, -0.25) is 0 Å². The van der Waals surface area contributed by atoms with Gasteiger partial charge < -0.3 is 16.5 Å². The summed E-state index contributed by atoms with van der Waals surface area (Å²) in [5.41, 5.74) is 10.6. The second-order valence-corrected chi connectivity index (χ2v) is 10.0. The van der Waals surface area contributed by atoms with Crippen LogP contribution in [0.2, 0.25) is 0 Å². The molecule has 0 aliphatic carbocycles. The third-order valence-electron chi connectivity index (χ3n) is 4.61. The van der Waals surface area contributed by atoms with Crippen LogP contribution in [0.1, 0.15) is 43.0 Å². The third-order valence-corrected chi connectivity index (χ3v) is 5.22. The Hall–Kier alpha value is -2.25. The Kier molecular flexibility index (Phi) is 5.35. The van der Waals surface area contributed by atoms with Gasteiger partial charge in [-0.05, 0) is 42.0 Å². The van der Waals surface area contributed by atoms with E-state index in [2.05, 4.69) is 29.6 Å². The van der Waals surface area contributed by atoms with Crippen molar-refractivity contribution in [2.75, 3.05) is 31.3 Å². The van der Waals surface area contributed by atoms with Crippen LogP contribution in [0.25, 0.3) is 16.3 Å². The third kappa shape index (κ3) is 4.04. The number of anilines is 1. The van der Waals surface area contributed by atoms with Gasteiger partial charge in [0.25, 0.3) is 0 Å². The molecule has 1 aromatic heterocycles. The second-order valence-electron chi connectivity index (χ2n) is 7.48. The van der Waals surface area contributed by atoms with E-state index in [1.54, 1.807) is 12.5 Å². The van der Waals surface area contributed by atoms with Crippen molar-refractivity contribution in [2.24, 2.45) is 4.36 Å². The lowest BCUT2D eigenvalue weighted by Crippen LogP contribution is -2.20. The Labute approximate surface area is 161 Å². The van der Waals surface area contributed by atoms with Gasteiger partial charge in [0.15, 0.2) is 5.82 Å². The van der Waals surface area contributed by atoms with Crippen molar-refractivity contribution in [3.05, 3.63) is 35.0 Å². The molecule has 4 N–H and O–H groups in total. The number of hydrogen-bond acceptors (Lipinski definition) is 6. The molecule has 0 unspecified atom stereocenters. The predicted octanol–water partition coefficient (Wildman–Crippen LogP) is 3.67. The van der Waals surface area contributed by atoms with Crippen LogP contribution in [0, 0.1) is 5.41 Å². The van der Waals surface area contributed by atoms with Crippen molar-refractivity contribution in [3.63, 3.8) is 0 Å². The Morgan fingerprint density at radius 3 is 2.63 bits per heavy atom. The number of nitrogens with zero attached hydrogens (tertiary/aromatic N) is 2. The first-order valence-corrected chi connectivity index (χ1v) is 11.4. The zero-order valence-corrected chi connectivity index (χ0v) is 17.1. The van der Waals surface area contributed by atoms with E-state index in [9.17, 15) is 4.21 Å². The van der Waals surface area contributed by atoms with Gasteiger partial charge in [-0.1, -0.05) is 19.9 Å². The van der Waals surface area contributed by atoms with E-state index >= 15 is 0 Å². The number of rotatable bonds is 4. The van der Waals surface area contributed by atoms with Crippen LogP contribution >= 0.6 is 0 Å². The minimum absolute atomic E-state index is 0.180. The van der Waals surface area contributed by atoms with E-state index in [0.717, 1.165) is 41.5 Å². The Morgan fingerprint density at radius 1 is 1.33 bits per heavy atom. The molecule has 1 aromatic carbocycles.